The highest BCUT2D eigenvalue weighted by Gasteiger charge is 2.30. The van der Waals surface area contributed by atoms with E-state index >= 15 is 0 Å². The van der Waals surface area contributed by atoms with Crippen LogP contribution in [0, 0.1) is 0 Å². The number of nitrogens with zero attached hydrogens (tertiary/aromatic N) is 4. The smallest absolute Gasteiger partial charge is 0.253 e. The van der Waals surface area contributed by atoms with E-state index in [0.717, 1.165) is 50.4 Å². The number of benzene rings is 1. The second-order valence-electron chi connectivity index (χ2n) is 8.03. The fourth-order valence-corrected chi connectivity index (χ4v) is 3.59. The maximum Gasteiger partial charge on any atom is 0.253 e. The van der Waals surface area contributed by atoms with Crippen molar-refractivity contribution < 1.29 is 9.59 Å². The Bertz CT molecular complexity index is 736. The number of amides is 2. The highest BCUT2D eigenvalue weighted by atomic mass is 127. The molecule has 1 fully saturated rings. The molecule has 1 unspecified atom stereocenters. The van der Waals surface area contributed by atoms with Crippen LogP contribution in [-0.4, -0.2) is 93.4 Å². The van der Waals surface area contributed by atoms with Gasteiger partial charge in [0.1, 0.15) is 0 Å². The number of nitrogens with one attached hydrogen (secondary N) is 2. The standard InChI is InChI=1S/C22H36N6O2.HI/c1-23-22(25-16-17-9-11-18(12-10-17)20(29)26(2)3)24-13-7-15-28-14-6-8-19(28)21(30)27(4)5;/h9-12,19H,6-8,13-16H2,1-5H3,(H2,23,24,25);1H. The molecule has 8 nitrogen and oxygen atoms in total. The van der Waals surface area contributed by atoms with Crippen molar-refractivity contribution in [2.24, 2.45) is 4.99 Å². The lowest BCUT2D eigenvalue weighted by Gasteiger charge is -2.26. The summed E-state index contributed by atoms with van der Waals surface area (Å²) in [4.78, 5) is 34.0. The summed E-state index contributed by atoms with van der Waals surface area (Å²) in [6, 6.07) is 7.62. The number of carbonyl (C=O) groups is 2. The molecule has 1 aliphatic heterocycles. The predicted molar refractivity (Wildman–Crippen MR) is 136 cm³/mol. The molecule has 9 heteroatoms. The Morgan fingerprint density at radius 2 is 1.77 bits per heavy atom. The third-order valence-corrected chi connectivity index (χ3v) is 5.29. The van der Waals surface area contributed by atoms with Crippen LogP contribution in [-0.2, 0) is 11.3 Å². The molecule has 2 rings (SSSR count). The van der Waals surface area contributed by atoms with Gasteiger partial charge in [0.25, 0.3) is 5.91 Å². The predicted octanol–water partition coefficient (Wildman–Crippen LogP) is 1.61. The zero-order valence-corrected chi connectivity index (χ0v) is 21.7. The van der Waals surface area contributed by atoms with E-state index in [9.17, 15) is 9.59 Å². The molecular formula is C22H37IN6O2. The van der Waals surface area contributed by atoms with Crippen LogP contribution in [0.25, 0.3) is 0 Å². The number of likely N-dealkylation sites (N-methyl/N-ethyl adjacent to an activating group) is 1. The van der Waals surface area contributed by atoms with Gasteiger partial charge in [-0.25, -0.2) is 0 Å². The molecule has 2 N–H and O–H groups in total. The Balaban J connectivity index is 0.00000480. The molecule has 0 radical (unpaired) electrons. The highest BCUT2D eigenvalue weighted by molar-refractivity contribution is 14.0. The lowest BCUT2D eigenvalue weighted by atomic mass is 10.1. The second kappa shape index (κ2) is 13.5. The first-order valence-corrected chi connectivity index (χ1v) is 10.5. The monoisotopic (exact) mass is 544 g/mol. The first kappa shape index (κ1) is 27.2. The largest absolute Gasteiger partial charge is 0.356 e. The van der Waals surface area contributed by atoms with Crippen molar-refractivity contribution in [3.05, 3.63) is 35.4 Å². The van der Waals surface area contributed by atoms with Crippen molar-refractivity contribution in [2.45, 2.75) is 31.8 Å². The van der Waals surface area contributed by atoms with Gasteiger partial charge in [-0.1, -0.05) is 12.1 Å². The lowest BCUT2D eigenvalue weighted by Crippen LogP contribution is -2.44. The maximum absolute atomic E-state index is 12.3. The van der Waals surface area contributed by atoms with Gasteiger partial charge in [-0.3, -0.25) is 19.5 Å². The Morgan fingerprint density at radius 3 is 2.35 bits per heavy atom. The van der Waals surface area contributed by atoms with Crippen LogP contribution in [0.5, 0.6) is 0 Å². The average molecular weight is 544 g/mol. The van der Waals surface area contributed by atoms with Crippen LogP contribution < -0.4 is 10.6 Å². The molecule has 0 aliphatic carbocycles. The fraction of sp³-hybridized carbons (Fsp3) is 0.591. The fourth-order valence-electron chi connectivity index (χ4n) is 3.59. The summed E-state index contributed by atoms with van der Waals surface area (Å²) >= 11 is 0. The third-order valence-electron chi connectivity index (χ3n) is 5.29. The van der Waals surface area contributed by atoms with Gasteiger partial charge in [0.15, 0.2) is 5.96 Å². The Kier molecular flexibility index (Phi) is 11.8. The molecule has 31 heavy (non-hydrogen) atoms. The van der Waals surface area contributed by atoms with Crippen molar-refractivity contribution in [3.8, 4) is 0 Å². The molecule has 1 heterocycles. The molecule has 1 aromatic carbocycles. The first-order valence-electron chi connectivity index (χ1n) is 10.5. The number of likely N-dealkylation sites (tertiary alicyclic amines) is 1. The van der Waals surface area contributed by atoms with E-state index in [1.807, 2.05) is 38.4 Å². The topological polar surface area (TPSA) is 80.3 Å². The summed E-state index contributed by atoms with van der Waals surface area (Å²) < 4.78 is 0. The summed E-state index contributed by atoms with van der Waals surface area (Å²) in [5.74, 6) is 0.946. The molecule has 0 spiro atoms. The molecule has 2 amide bonds. The molecule has 0 saturated carbocycles. The number of hydrogen-bond donors (Lipinski definition) is 2. The van der Waals surface area contributed by atoms with E-state index in [1.54, 1.807) is 30.9 Å². The van der Waals surface area contributed by atoms with E-state index < -0.39 is 0 Å². The minimum absolute atomic E-state index is 0. The van der Waals surface area contributed by atoms with Crippen LogP contribution in [0.1, 0.15) is 35.2 Å². The van der Waals surface area contributed by atoms with Crippen LogP contribution in [0.2, 0.25) is 0 Å². The van der Waals surface area contributed by atoms with Gasteiger partial charge in [0.2, 0.25) is 5.91 Å². The Morgan fingerprint density at radius 1 is 1.10 bits per heavy atom. The first-order chi connectivity index (χ1) is 14.3. The van der Waals surface area contributed by atoms with E-state index in [4.69, 9.17) is 0 Å². The highest BCUT2D eigenvalue weighted by Crippen LogP contribution is 2.18. The number of halogens is 1. The summed E-state index contributed by atoms with van der Waals surface area (Å²) in [5, 5.41) is 6.63. The average Bonchev–Trinajstić information content (AvgIpc) is 3.20. The quantitative estimate of drug-likeness (QED) is 0.225. The Labute approximate surface area is 203 Å². The minimum atomic E-state index is -0.000455. The van der Waals surface area contributed by atoms with Crippen molar-refractivity contribution in [3.63, 3.8) is 0 Å². The van der Waals surface area contributed by atoms with Crippen molar-refractivity contribution in [2.75, 3.05) is 54.9 Å². The second-order valence-corrected chi connectivity index (χ2v) is 8.03. The van der Waals surface area contributed by atoms with E-state index in [0.29, 0.717) is 12.1 Å². The van der Waals surface area contributed by atoms with E-state index in [1.165, 1.54) is 0 Å². The number of aliphatic imine (C=N–C) groups is 1. The van der Waals surface area contributed by atoms with E-state index in [2.05, 4.69) is 20.5 Å². The SMILES string of the molecule is CN=C(NCCCN1CCCC1C(=O)N(C)C)NCc1ccc(C(=O)N(C)C)cc1.I. The van der Waals surface area contributed by atoms with Crippen molar-refractivity contribution in [1.82, 2.24) is 25.3 Å². The third kappa shape index (κ3) is 8.29. The number of hydrogen-bond acceptors (Lipinski definition) is 4. The zero-order valence-electron chi connectivity index (χ0n) is 19.4. The van der Waals surface area contributed by atoms with Crippen molar-refractivity contribution >= 4 is 41.8 Å². The van der Waals surface area contributed by atoms with Gasteiger partial charge < -0.3 is 20.4 Å². The molecule has 0 bridgehead atoms. The summed E-state index contributed by atoms with van der Waals surface area (Å²) in [5.41, 5.74) is 1.76. The maximum atomic E-state index is 12.3. The van der Waals surface area contributed by atoms with Gasteiger partial charge in [-0.2, -0.15) is 0 Å². The summed E-state index contributed by atoms with van der Waals surface area (Å²) in [7, 11) is 8.89. The molecule has 1 saturated heterocycles. The number of guanidine groups is 1. The Hall–Kier alpha value is -1.88. The number of rotatable bonds is 8. The van der Waals surface area contributed by atoms with E-state index in [-0.39, 0.29) is 41.8 Å². The van der Waals surface area contributed by atoms with Gasteiger partial charge >= 0.3 is 0 Å². The minimum Gasteiger partial charge on any atom is -0.356 e. The summed E-state index contributed by atoms with van der Waals surface area (Å²) in [6.45, 7) is 3.30. The molecule has 0 aromatic heterocycles. The van der Waals surface area contributed by atoms with Crippen LogP contribution >= 0.6 is 24.0 Å². The van der Waals surface area contributed by atoms with Crippen LogP contribution in [0.15, 0.2) is 29.3 Å². The van der Waals surface area contributed by atoms with Gasteiger partial charge in [-0.15, -0.1) is 24.0 Å². The lowest BCUT2D eigenvalue weighted by molar-refractivity contribution is -0.133. The van der Waals surface area contributed by atoms with Crippen LogP contribution in [0.3, 0.4) is 0 Å². The zero-order chi connectivity index (χ0) is 22.1. The molecule has 1 aliphatic rings. The van der Waals surface area contributed by atoms with Crippen LogP contribution in [0.4, 0.5) is 0 Å². The van der Waals surface area contributed by atoms with Gasteiger partial charge in [0.05, 0.1) is 6.04 Å². The van der Waals surface area contributed by atoms with Gasteiger partial charge in [-0.05, 0) is 43.5 Å². The molecule has 1 aromatic rings. The normalized spacial score (nSPS) is 16.4. The van der Waals surface area contributed by atoms with Gasteiger partial charge in [0, 0.05) is 60.4 Å². The molecule has 1 atom stereocenters. The van der Waals surface area contributed by atoms with Crippen molar-refractivity contribution in [1.29, 1.82) is 0 Å². The summed E-state index contributed by atoms with van der Waals surface area (Å²) in [6.07, 6.45) is 2.98. The molecule has 174 valence electrons. The molecular weight excluding hydrogens is 507 g/mol. The number of carbonyl (C=O) groups excluding carboxylic acids is 2.